The van der Waals surface area contributed by atoms with Gasteiger partial charge in [-0.25, -0.2) is 4.98 Å². The van der Waals surface area contributed by atoms with Gasteiger partial charge in [-0.15, -0.1) is 11.3 Å². The van der Waals surface area contributed by atoms with E-state index in [4.69, 9.17) is 0 Å². The lowest BCUT2D eigenvalue weighted by Gasteiger charge is -2.16. The van der Waals surface area contributed by atoms with Crippen LogP contribution >= 0.6 is 11.3 Å². The van der Waals surface area contributed by atoms with Gasteiger partial charge in [-0.1, -0.05) is 26.7 Å². The minimum Gasteiger partial charge on any atom is -0.481 e. The van der Waals surface area contributed by atoms with E-state index in [-0.39, 0.29) is 0 Å². The zero-order valence-corrected chi connectivity index (χ0v) is 13.9. The van der Waals surface area contributed by atoms with Gasteiger partial charge in [0.05, 0.1) is 5.69 Å². The Kier molecular flexibility index (Phi) is 5.99. The molecule has 5 heteroatoms. The Morgan fingerprint density at radius 1 is 1.40 bits per heavy atom. The maximum absolute atomic E-state index is 11.2. The summed E-state index contributed by atoms with van der Waals surface area (Å²) >= 11 is 1.48. The van der Waals surface area contributed by atoms with Crippen molar-refractivity contribution in [1.29, 1.82) is 0 Å². The molecular formula is C15H26N2O2S. The molecule has 0 aliphatic heterocycles. The maximum atomic E-state index is 11.2. The van der Waals surface area contributed by atoms with Crippen LogP contribution < -0.4 is 5.32 Å². The average molecular weight is 298 g/mol. The van der Waals surface area contributed by atoms with E-state index in [2.05, 4.69) is 31.1 Å². The van der Waals surface area contributed by atoms with Gasteiger partial charge < -0.3 is 10.4 Å². The third-order valence-corrected chi connectivity index (χ3v) is 4.24. The molecule has 0 bridgehead atoms. The second-order valence-electron chi connectivity index (χ2n) is 6.34. The van der Waals surface area contributed by atoms with Gasteiger partial charge in [-0.05, 0) is 33.1 Å². The number of anilines is 1. The van der Waals surface area contributed by atoms with Gasteiger partial charge in [-0.2, -0.15) is 0 Å². The van der Waals surface area contributed by atoms with Crippen molar-refractivity contribution in [2.45, 2.75) is 65.3 Å². The molecule has 1 heterocycles. The first-order chi connectivity index (χ1) is 9.23. The Labute approximate surface area is 125 Å². The number of aliphatic carboxylic acids is 1. The molecular weight excluding hydrogens is 272 g/mol. The van der Waals surface area contributed by atoms with E-state index in [1.165, 1.54) is 24.2 Å². The summed E-state index contributed by atoms with van der Waals surface area (Å²) in [4.78, 5) is 15.6. The number of nitrogens with one attached hydrogen (secondary N) is 1. The fourth-order valence-electron chi connectivity index (χ4n) is 1.85. The van der Waals surface area contributed by atoms with E-state index in [0.29, 0.717) is 11.7 Å². The Hall–Kier alpha value is -1.10. The third kappa shape index (κ3) is 4.78. The summed E-state index contributed by atoms with van der Waals surface area (Å²) in [7, 11) is 0. The maximum Gasteiger partial charge on any atom is 0.315 e. The summed E-state index contributed by atoms with van der Waals surface area (Å²) in [5, 5.41) is 15.2. The molecule has 0 amide bonds. The first kappa shape index (κ1) is 17.0. The molecule has 0 fully saturated rings. The minimum atomic E-state index is -0.933. The first-order valence-corrected chi connectivity index (χ1v) is 8.07. The molecule has 1 aromatic rings. The quantitative estimate of drug-likeness (QED) is 0.757. The molecule has 0 aliphatic rings. The van der Waals surface area contributed by atoms with E-state index in [1.54, 1.807) is 13.8 Å². The lowest BCUT2D eigenvalue weighted by atomic mass is 9.90. The molecule has 0 aromatic carbocycles. The van der Waals surface area contributed by atoms with Gasteiger partial charge >= 0.3 is 5.97 Å². The van der Waals surface area contributed by atoms with E-state index in [9.17, 15) is 9.90 Å². The fraction of sp³-hybridized carbons (Fsp3) is 0.733. The van der Waals surface area contributed by atoms with Crippen molar-refractivity contribution in [2.75, 3.05) is 5.32 Å². The number of carboxylic acid groups (broad SMARTS) is 1. The number of carbonyl (C=O) groups is 1. The van der Waals surface area contributed by atoms with Crippen LogP contribution in [0.1, 0.15) is 59.6 Å². The van der Waals surface area contributed by atoms with Crippen LogP contribution in [0.15, 0.2) is 5.38 Å². The van der Waals surface area contributed by atoms with E-state index >= 15 is 0 Å². The van der Waals surface area contributed by atoms with Crippen LogP contribution in [0.4, 0.5) is 5.13 Å². The largest absolute Gasteiger partial charge is 0.481 e. The van der Waals surface area contributed by atoms with Gasteiger partial charge in [0.1, 0.15) is 5.41 Å². The van der Waals surface area contributed by atoms with E-state index in [0.717, 1.165) is 17.5 Å². The van der Waals surface area contributed by atoms with Crippen LogP contribution in [-0.2, 0) is 10.2 Å². The number of nitrogens with zero attached hydrogens (tertiary/aromatic N) is 1. The molecule has 2 N–H and O–H groups in total. The second kappa shape index (κ2) is 7.07. The number of hydrogen-bond donors (Lipinski definition) is 2. The highest BCUT2D eigenvalue weighted by molar-refractivity contribution is 7.13. The topological polar surface area (TPSA) is 62.2 Å². The normalized spacial score (nSPS) is 13.5. The third-order valence-electron chi connectivity index (χ3n) is 3.47. The van der Waals surface area contributed by atoms with Gasteiger partial charge in [0.15, 0.2) is 5.13 Å². The Balaban J connectivity index is 2.54. The van der Waals surface area contributed by atoms with Gasteiger partial charge in [0.2, 0.25) is 0 Å². The molecule has 4 nitrogen and oxygen atoms in total. The second-order valence-corrected chi connectivity index (χ2v) is 7.20. The molecule has 1 unspecified atom stereocenters. The van der Waals surface area contributed by atoms with Crippen LogP contribution in [0.3, 0.4) is 0 Å². The van der Waals surface area contributed by atoms with Crippen LogP contribution in [-0.4, -0.2) is 22.1 Å². The highest BCUT2D eigenvalue weighted by Crippen LogP contribution is 2.28. The number of thiazole rings is 1. The molecule has 1 rings (SSSR count). The Bertz CT molecular complexity index is 441. The summed E-state index contributed by atoms with van der Waals surface area (Å²) in [6.07, 6.45) is 3.54. The summed E-state index contributed by atoms with van der Waals surface area (Å²) in [6.45, 7) is 9.97. The SMILES string of the molecule is CC(C)CCCC(C)Nc1nc(C(C)(C)C(=O)O)cs1. The molecule has 0 radical (unpaired) electrons. The smallest absolute Gasteiger partial charge is 0.315 e. The summed E-state index contributed by atoms with van der Waals surface area (Å²) in [5.41, 5.74) is -0.316. The van der Waals surface area contributed by atoms with Crippen LogP contribution in [0.2, 0.25) is 0 Å². The van der Waals surface area contributed by atoms with Gasteiger partial charge in [0, 0.05) is 11.4 Å². The van der Waals surface area contributed by atoms with Crippen molar-refractivity contribution in [3.63, 3.8) is 0 Å². The summed E-state index contributed by atoms with van der Waals surface area (Å²) in [6, 6.07) is 0.362. The van der Waals surface area contributed by atoms with Crippen LogP contribution in [0.5, 0.6) is 0 Å². The molecule has 114 valence electrons. The van der Waals surface area contributed by atoms with E-state index < -0.39 is 11.4 Å². The molecule has 0 spiro atoms. The lowest BCUT2D eigenvalue weighted by Crippen LogP contribution is -2.29. The highest BCUT2D eigenvalue weighted by atomic mass is 32.1. The predicted molar refractivity (Wildman–Crippen MR) is 84.5 cm³/mol. The van der Waals surface area contributed by atoms with Crippen molar-refractivity contribution in [3.8, 4) is 0 Å². The Morgan fingerprint density at radius 2 is 2.05 bits per heavy atom. The minimum absolute atomic E-state index is 0.362. The molecule has 0 aliphatic carbocycles. The summed E-state index contributed by atoms with van der Waals surface area (Å²) in [5.74, 6) is -0.107. The van der Waals surface area contributed by atoms with Crippen LogP contribution in [0.25, 0.3) is 0 Å². The van der Waals surface area contributed by atoms with E-state index in [1.807, 2.05) is 5.38 Å². The molecule has 0 saturated heterocycles. The lowest BCUT2D eigenvalue weighted by molar-refractivity contribution is -0.142. The molecule has 1 aromatic heterocycles. The van der Waals surface area contributed by atoms with Crippen molar-refractivity contribution >= 4 is 22.4 Å². The van der Waals surface area contributed by atoms with Gasteiger partial charge in [-0.3, -0.25) is 4.79 Å². The Morgan fingerprint density at radius 3 is 2.60 bits per heavy atom. The predicted octanol–water partition coefficient (Wildman–Crippen LogP) is 4.13. The van der Waals surface area contributed by atoms with Crippen molar-refractivity contribution in [2.24, 2.45) is 5.92 Å². The number of hydrogen-bond acceptors (Lipinski definition) is 4. The van der Waals surface area contributed by atoms with Crippen molar-refractivity contribution < 1.29 is 9.90 Å². The number of aromatic nitrogens is 1. The average Bonchev–Trinajstić information content (AvgIpc) is 2.77. The summed E-state index contributed by atoms with van der Waals surface area (Å²) < 4.78 is 0. The zero-order chi connectivity index (χ0) is 15.3. The highest BCUT2D eigenvalue weighted by Gasteiger charge is 2.32. The van der Waals surface area contributed by atoms with Crippen LogP contribution in [0, 0.1) is 5.92 Å². The molecule has 20 heavy (non-hydrogen) atoms. The van der Waals surface area contributed by atoms with Gasteiger partial charge in [0.25, 0.3) is 0 Å². The number of rotatable bonds is 8. The van der Waals surface area contributed by atoms with Crippen molar-refractivity contribution in [1.82, 2.24) is 4.98 Å². The fourth-order valence-corrected chi connectivity index (χ4v) is 2.84. The van der Waals surface area contributed by atoms with Crippen molar-refractivity contribution in [3.05, 3.63) is 11.1 Å². The zero-order valence-electron chi connectivity index (χ0n) is 13.1. The standard InChI is InChI=1S/C15H26N2O2S/c1-10(2)7-6-8-11(3)16-14-17-12(9-20-14)15(4,5)13(18)19/h9-11H,6-8H2,1-5H3,(H,16,17)(H,18,19). The molecule has 0 saturated carbocycles. The number of carboxylic acids is 1. The monoisotopic (exact) mass is 298 g/mol. The first-order valence-electron chi connectivity index (χ1n) is 7.19. The molecule has 1 atom stereocenters.